The van der Waals surface area contributed by atoms with Crippen LogP contribution in [0.15, 0.2) is 30.5 Å². The number of aromatic nitrogens is 2. The molecule has 5 heteroatoms. The van der Waals surface area contributed by atoms with Gasteiger partial charge in [-0.3, -0.25) is 0 Å². The van der Waals surface area contributed by atoms with Crippen LogP contribution in [0.25, 0.3) is 10.8 Å². The Morgan fingerprint density at radius 3 is 3.17 bits per heavy atom. The molecule has 1 saturated heterocycles. The smallest absolute Gasteiger partial charge is 0.159 e. The molecule has 1 atom stereocenters. The molecule has 0 spiro atoms. The molecule has 0 saturated carbocycles. The van der Waals surface area contributed by atoms with Crippen molar-refractivity contribution in [2.24, 2.45) is 0 Å². The molecule has 1 aromatic heterocycles. The first-order valence-corrected chi connectivity index (χ1v) is 7.13. The van der Waals surface area contributed by atoms with E-state index in [0.717, 1.165) is 41.6 Å². The van der Waals surface area contributed by atoms with Crippen molar-refractivity contribution in [1.29, 1.82) is 0 Å². The minimum atomic E-state index is 0.222. The molecule has 0 radical (unpaired) electrons. The summed E-state index contributed by atoms with van der Waals surface area (Å²) in [5.41, 5.74) is 0. The summed E-state index contributed by atoms with van der Waals surface area (Å²) < 4.78 is 5.65. The zero-order valence-corrected chi connectivity index (χ0v) is 11.5. The van der Waals surface area contributed by atoms with Crippen molar-refractivity contribution in [3.63, 3.8) is 0 Å². The average molecular weight is 308 g/mol. The highest BCUT2D eigenvalue weighted by molar-refractivity contribution is 9.09. The second-order valence-electron chi connectivity index (χ2n) is 4.35. The van der Waals surface area contributed by atoms with Gasteiger partial charge in [0, 0.05) is 29.2 Å². The molecule has 1 fully saturated rings. The van der Waals surface area contributed by atoms with Crippen LogP contribution in [0, 0.1) is 0 Å². The highest BCUT2D eigenvalue weighted by Crippen LogP contribution is 2.24. The number of ether oxygens (including phenoxy) is 1. The van der Waals surface area contributed by atoms with Crippen LogP contribution in [0.2, 0.25) is 0 Å². The maximum atomic E-state index is 5.65. The third-order valence-corrected chi connectivity index (χ3v) is 3.88. The first-order valence-electron chi connectivity index (χ1n) is 6.01. The molecule has 0 amide bonds. The number of rotatable bonds is 2. The van der Waals surface area contributed by atoms with Crippen molar-refractivity contribution < 1.29 is 4.74 Å². The lowest BCUT2D eigenvalue weighted by Gasteiger charge is -2.33. The lowest BCUT2D eigenvalue weighted by Crippen LogP contribution is -2.43. The van der Waals surface area contributed by atoms with Gasteiger partial charge in [0.05, 0.1) is 18.9 Å². The number of benzene rings is 1. The third kappa shape index (κ3) is 2.20. The number of fused-ring (bicyclic) bond motifs is 1. The van der Waals surface area contributed by atoms with E-state index < -0.39 is 0 Å². The van der Waals surface area contributed by atoms with Crippen LogP contribution in [0.3, 0.4) is 0 Å². The fraction of sp³-hybridized carbons (Fsp3) is 0.385. The number of morpholine rings is 1. The Morgan fingerprint density at radius 2 is 2.28 bits per heavy atom. The molecule has 2 aromatic rings. The lowest BCUT2D eigenvalue weighted by molar-refractivity contribution is 0.0568. The van der Waals surface area contributed by atoms with Crippen LogP contribution in [-0.4, -0.2) is 41.3 Å². The Hall–Kier alpha value is -1.20. The van der Waals surface area contributed by atoms with E-state index in [9.17, 15) is 0 Å². The summed E-state index contributed by atoms with van der Waals surface area (Å²) in [6.45, 7) is 2.46. The van der Waals surface area contributed by atoms with Gasteiger partial charge in [-0.2, -0.15) is 5.10 Å². The van der Waals surface area contributed by atoms with Gasteiger partial charge in [0.1, 0.15) is 0 Å². The van der Waals surface area contributed by atoms with Gasteiger partial charge in [-0.15, -0.1) is 5.10 Å². The number of halogens is 1. The van der Waals surface area contributed by atoms with Gasteiger partial charge in [-0.05, 0) is 0 Å². The summed E-state index contributed by atoms with van der Waals surface area (Å²) >= 11 is 3.47. The minimum absolute atomic E-state index is 0.222. The summed E-state index contributed by atoms with van der Waals surface area (Å²) in [5.74, 6) is 0.961. The van der Waals surface area contributed by atoms with Crippen molar-refractivity contribution >= 4 is 32.5 Å². The van der Waals surface area contributed by atoms with E-state index in [4.69, 9.17) is 4.74 Å². The van der Waals surface area contributed by atoms with E-state index >= 15 is 0 Å². The van der Waals surface area contributed by atoms with Gasteiger partial charge >= 0.3 is 0 Å². The highest BCUT2D eigenvalue weighted by Gasteiger charge is 2.22. The molecule has 4 nitrogen and oxygen atoms in total. The van der Waals surface area contributed by atoms with Crippen molar-refractivity contribution in [2.75, 3.05) is 29.9 Å². The van der Waals surface area contributed by atoms with Crippen molar-refractivity contribution in [2.45, 2.75) is 6.10 Å². The molecular formula is C13H14BrN3O. The number of anilines is 1. The Bertz CT molecular complexity index is 543. The quantitative estimate of drug-likeness (QED) is 0.798. The Balaban J connectivity index is 1.98. The summed E-state index contributed by atoms with van der Waals surface area (Å²) in [5, 5.41) is 11.5. The number of alkyl halides is 1. The van der Waals surface area contributed by atoms with Crippen LogP contribution in [0.5, 0.6) is 0 Å². The second-order valence-corrected chi connectivity index (χ2v) is 5.00. The third-order valence-electron chi connectivity index (χ3n) is 3.16. The molecule has 1 aliphatic heterocycles. The molecule has 0 bridgehead atoms. The fourth-order valence-corrected chi connectivity index (χ4v) is 2.64. The predicted molar refractivity (Wildman–Crippen MR) is 75.3 cm³/mol. The van der Waals surface area contributed by atoms with Gasteiger partial charge in [0.25, 0.3) is 0 Å². The van der Waals surface area contributed by atoms with Crippen LogP contribution in [0.4, 0.5) is 5.82 Å². The Kier molecular flexibility index (Phi) is 3.43. The van der Waals surface area contributed by atoms with Crippen LogP contribution < -0.4 is 4.90 Å². The van der Waals surface area contributed by atoms with E-state index in [1.54, 1.807) is 6.20 Å². The first kappa shape index (κ1) is 11.9. The number of hydrogen-bond acceptors (Lipinski definition) is 4. The van der Waals surface area contributed by atoms with Gasteiger partial charge in [-0.1, -0.05) is 40.2 Å². The maximum absolute atomic E-state index is 5.65. The first-order chi connectivity index (χ1) is 8.88. The molecule has 1 aliphatic rings. The summed E-state index contributed by atoms with van der Waals surface area (Å²) in [6.07, 6.45) is 2.03. The van der Waals surface area contributed by atoms with Crippen LogP contribution >= 0.6 is 15.9 Å². The molecular weight excluding hydrogens is 294 g/mol. The van der Waals surface area contributed by atoms with E-state index in [0.29, 0.717) is 0 Å². The normalized spacial score (nSPS) is 20.3. The van der Waals surface area contributed by atoms with Crippen molar-refractivity contribution in [3.8, 4) is 0 Å². The number of hydrogen-bond donors (Lipinski definition) is 0. The Labute approximate surface area is 114 Å². The average Bonchev–Trinajstić information content (AvgIpc) is 2.47. The summed E-state index contributed by atoms with van der Waals surface area (Å²) in [7, 11) is 0. The fourth-order valence-electron chi connectivity index (χ4n) is 2.25. The standard InChI is InChI=1S/C13H14BrN3O/c14-7-11-9-17(5-6-18-11)13-12-4-2-1-3-10(12)8-15-16-13/h1-4,8,11H,5-7,9H2. The second kappa shape index (κ2) is 5.20. The SMILES string of the molecule is BrCC1CN(c2nncc3ccccc23)CCO1. The van der Waals surface area contributed by atoms with Crippen molar-refractivity contribution in [1.82, 2.24) is 10.2 Å². The van der Waals surface area contributed by atoms with Gasteiger partial charge in [0.2, 0.25) is 0 Å². The largest absolute Gasteiger partial charge is 0.374 e. The topological polar surface area (TPSA) is 38.2 Å². The molecule has 0 aliphatic carbocycles. The molecule has 1 unspecified atom stereocenters. The van der Waals surface area contributed by atoms with Gasteiger partial charge in [-0.25, -0.2) is 0 Å². The van der Waals surface area contributed by atoms with E-state index in [2.05, 4.69) is 43.2 Å². The number of nitrogens with zero attached hydrogens (tertiary/aromatic N) is 3. The molecule has 3 rings (SSSR count). The van der Waals surface area contributed by atoms with E-state index in [-0.39, 0.29) is 6.10 Å². The summed E-state index contributed by atoms with van der Waals surface area (Å²) in [6, 6.07) is 8.22. The van der Waals surface area contributed by atoms with Crippen LogP contribution in [0.1, 0.15) is 0 Å². The van der Waals surface area contributed by atoms with Crippen molar-refractivity contribution in [3.05, 3.63) is 30.5 Å². The molecule has 2 heterocycles. The van der Waals surface area contributed by atoms with E-state index in [1.165, 1.54) is 0 Å². The van der Waals surface area contributed by atoms with Gasteiger partial charge in [0.15, 0.2) is 5.82 Å². The lowest BCUT2D eigenvalue weighted by atomic mass is 10.1. The molecule has 0 N–H and O–H groups in total. The van der Waals surface area contributed by atoms with Gasteiger partial charge < -0.3 is 9.64 Å². The highest BCUT2D eigenvalue weighted by atomic mass is 79.9. The van der Waals surface area contributed by atoms with Crippen LogP contribution in [-0.2, 0) is 4.74 Å². The zero-order valence-electron chi connectivity index (χ0n) is 9.92. The zero-order chi connectivity index (χ0) is 12.4. The maximum Gasteiger partial charge on any atom is 0.159 e. The minimum Gasteiger partial charge on any atom is -0.374 e. The molecule has 1 aromatic carbocycles. The molecule has 94 valence electrons. The predicted octanol–water partition coefficient (Wildman–Crippen LogP) is 2.23. The Morgan fingerprint density at radius 1 is 1.39 bits per heavy atom. The van der Waals surface area contributed by atoms with E-state index in [1.807, 2.05) is 12.1 Å². The summed E-state index contributed by atoms with van der Waals surface area (Å²) in [4.78, 5) is 2.25. The monoisotopic (exact) mass is 307 g/mol. The molecule has 18 heavy (non-hydrogen) atoms.